The van der Waals surface area contributed by atoms with E-state index >= 15 is 0 Å². The maximum atomic E-state index is 8.55. The molecule has 1 unspecified atom stereocenters. The number of hydrogen-bond acceptors (Lipinski definition) is 1. The van der Waals surface area contributed by atoms with Gasteiger partial charge in [0.05, 0.1) is 6.10 Å². The van der Waals surface area contributed by atoms with Gasteiger partial charge in [0.2, 0.25) is 0 Å². The van der Waals surface area contributed by atoms with Gasteiger partial charge in [0.1, 0.15) is 0 Å². The van der Waals surface area contributed by atoms with E-state index in [1.54, 1.807) is 0 Å². The summed E-state index contributed by atoms with van der Waals surface area (Å²) in [6, 6.07) is 0. The molecule has 1 saturated carbocycles. The van der Waals surface area contributed by atoms with E-state index in [4.69, 9.17) is 5.11 Å². The molecule has 0 aromatic rings. The average molecular weight is 158 g/mol. The summed E-state index contributed by atoms with van der Waals surface area (Å²) in [5, 5.41) is 8.55. The number of hydrogen-bond donors (Lipinski definition) is 1. The Morgan fingerprint density at radius 3 is 1.91 bits per heavy atom. The first-order valence-electron chi connectivity index (χ1n) is 4.84. The number of rotatable bonds is 2. The highest BCUT2D eigenvalue weighted by Gasteiger charge is 2.09. The molecule has 11 heavy (non-hydrogen) atoms. The van der Waals surface area contributed by atoms with Gasteiger partial charge in [-0.25, -0.2) is 0 Å². The van der Waals surface area contributed by atoms with Crippen LogP contribution in [0.1, 0.15) is 52.9 Å². The maximum absolute atomic E-state index is 8.55. The Balaban J connectivity index is 0.000000183. The van der Waals surface area contributed by atoms with Crippen molar-refractivity contribution in [3.05, 3.63) is 0 Å². The van der Waals surface area contributed by atoms with Crippen LogP contribution in [0.5, 0.6) is 0 Å². The van der Waals surface area contributed by atoms with Crippen molar-refractivity contribution in [1.82, 2.24) is 0 Å². The molecule has 0 aliphatic heterocycles. The Labute approximate surface area is 70.8 Å². The molecule has 1 heteroatoms. The van der Waals surface area contributed by atoms with Gasteiger partial charge in [-0.3, -0.25) is 0 Å². The van der Waals surface area contributed by atoms with Gasteiger partial charge in [-0.15, -0.1) is 0 Å². The minimum absolute atomic E-state index is 0.102. The van der Waals surface area contributed by atoms with Gasteiger partial charge in [0.15, 0.2) is 0 Å². The van der Waals surface area contributed by atoms with Crippen LogP contribution in [0.3, 0.4) is 0 Å². The predicted molar refractivity (Wildman–Crippen MR) is 49.6 cm³/mol. The summed E-state index contributed by atoms with van der Waals surface area (Å²) < 4.78 is 0. The molecule has 0 radical (unpaired) electrons. The van der Waals surface area contributed by atoms with E-state index in [0.29, 0.717) is 0 Å². The van der Waals surface area contributed by atoms with Crippen LogP contribution in [0.2, 0.25) is 0 Å². The van der Waals surface area contributed by atoms with Crippen molar-refractivity contribution >= 4 is 0 Å². The Morgan fingerprint density at radius 1 is 1.45 bits per heavy atom. The van der Waals surface area contributed by atoms with E-state index in [-0.39, 0.29) is 6.10 Å². The average Bonchev–Trinajstić information content (AvgIpc) is 1.85. The molecular weight excluding hydrogens is 136 g/mol. The van der Waals surface area contributed by atoms with E-state index in [1.807, 2.05) is 6.92 Å². The summed E-state index contributed by atoms with van der Waals surface area (Å²) in [4.78, 5) is 0. The molecule has 1 rings (SSSR count). The minimum Gasteiger partial charge on any atom is -0.393 e. The zero-order chi connectivity index (χ0) is 8.69. The fourth-order valence-corrected chi connectivity index (χ4v) is 1.03. The lowest BCUT2D eigenvalue weighted by Gasteiger charge is -2.18. The largest absolute Gasteiger partial charge is 0.393 e. The first kappa shape index (κ1) is 11.0. The van der Waals surface area contributed by atoms with Crippen molar-refractivity contribution in [3.8, 4) is 0 Å². The molecule has 0 spiro atoms. The first-order valence-corrected chi connectivity index (χ1v) is 4.84. The first-order chi connectivity index (χ1) is 5.16. The highest BCUT2D eigenvalue weighted by molar-refractivity contribution is 4.62. The third-order valence-electron chi connectivity index (χ3n) is 2.10. The topological polar surface area (TPSA) is 20.2 Å². The molecule has 1 atom stereocenters. The number of aliphatic hydroxyl groups is 1. The highest BCUT2D eigenvalue weighted by Crippen LogP contribution is 2.24. The van der Waals surface area contributed by atoms with Gasteiger partial charge in [-0.05, 0) is 19.3 Å². The Kier molecular flexibility index (Phi) is 6.63. The molecule has 0 bridgehead atoms. The van der Waals surface area contributed by atoms with Gasteiger partial charge in [-0.1, -0.05) is 39.5 Å². The van der Waals surface area contributed by atoms with Gasteiger partial charge < -0.3 is 5.11 Å². The smallest absolute Gasteiger partial charge is 0.0512 e. The molecule has 0 aromatic heterocycles. The summed E-state index contributed by atoms with van der Waals surface area (Å²) in [6.07, 6.45) is 6.37. The zero-order valence-electron chi connectivity index (χ0n) is 8.14. The number of aliphatic hydroxyl groups excluding tert-OH is 1. The van der Waals surface area contributed by atoms with Crippen LogP contribution in [0.25, 0.3) is 0 Å². The second kappa shape index (κ2) is 6.66. The molecule has 0 heterocycles. The second-order valence-corrected chi connectivity index (χ2v) is 3.67. The van der Waals surface area contributed by atoms with Crippen LogP contribution in [-0.4, -0.2) is 11.2 Å². The van der Waals surface area contributed by atoms with Gasteiger partial charge in [0.25, 0.3) is 0 Å². The monoisotopic (exact) mass is 158 g/mol. The van der Waals surface area contributed by atoms with Gasteiger partial charge in [-0.2, -0.15) is 0 Å². The van der Waals surface area contributed by atoms with E-state index in [2.05, 4.69) is 13.8 Å². The van der Waals surface area contributed by atoms with Crippen LogP contribution in [-0.2, 0) is 0 Å². The summed E-state index contributed by atoms with van der Waals surface area (Å²) in [7, 11) is 0. The molecule has 0 amide bonds. The lowest BCUT2D eigenvalue weighted by Crippen LogP contribution is -2.04. The minimum atomic E-state index is -0.102. The van der Waals surface area contributed by atoms with Crippen molar-refractivity contribution in [1.29, 1.82) is 0 Å². The van der Waals surface area contributed by atoms with E-state index in [9.17, 15) is 0 Å². The van der Waals surface area contributed by atoms with Crippen LogP contribution in [0, 0.1) is 5.92 Å². The second-order valence-electron chi connectivity index (χ2n) is 3.67. The third kappa shape index (κ3) is 7.86. The third-order valence-corrected chi connectivity index (χ3v) is 2.10. The molecule has 1 nitrogen and oxygen atoms in total. The van der Waals surface area contributed by atoms with Crippen molar-refractivity contribution in [2.24, 2.45) is 5.92 Å². The summed E-state index contributed by atoms with van der Waals surface area (Å²) >= 11 is 0. The highest BCUT2D eigenvalue weighted by atomic mass is 16.3. The molecule has 1 aliphatic rings. The Morgan fingerprint density at radius 2 is 1.91 bits per heavy atom. The standard InChI is InChI=1S/C5H12O.C5H10/c1-3-4-5(2)6;1-5-3-2-4-5/h5-6H,3-4H2,1-2H3;5H,2-4H2,1H3. The molecule has 1 aliphatic carbocycles. The molecule has 0 saturated heterocycles. The molecule has 68 valence electrons. The van der Waals surface area contributed by atoms with Crippen molar-refractivity contribution in [3.63, 3.8) is 0 Å². The fourth-order valence-electron chi connectivity index (χ4n) is 1.03. The molecule has 1 N–H and O–H groups in total. The fraction of sp³-hybridized carbons (Fsp3) is 1.00. The summed E-state index contributed by atoms with van der Waals surface area (Å²) in [5.41, 5.74) is 0. The van der Waals surface area contributed by atoms with Gasteiger partial charge in [0, 0.05) is 0 Å². The quantitative estimate of drug-likeness (QED) is 0.655. The van der Waals surface area contributed by atoms with Crippen LogP contribution < -0.4 is 0 Å². The van der Waals surface area contributed by atoms with Crippen LogP contribution in [0.4, 0.5) is 0 Å². The van der Waals surface area contributed by atoms with E-state index < -0.39 is 0 Å². The SMILES string of the molecule is CC1CCC1.CCCC(C)O. The van der Waals surface area contributed by atoms with Crippen LogP contribution >= 0.6 is 0 Å². The normalized spacial score (nSPS) is 19.6. The lowest BCUT2D eigenvalue weighted by molar-refractivity contribution is 0.183. The predicted octanol–water partition coefficient (Wildman–Crippen LogP) is 2.97. The van der Waals surface area contributed by atoms with Crippen molar-refractivity contribution in [2.75, 3.05) is 0 Å². The van der Waals surface area contributed by atoms with E-state index in [0.717, 1.165) is 18.8 Å². The Bertz CT molecular complexity index is 74.9. The summed E-state index contributed by atoms with van der Waals surface area (Å²) in [6.45, 7) is 6.18. The lowest BCUT2D eigenvalue weighted by atomic mass is 9.88. The molecule has 1 fully saturated rings. The van der Waals surface area contributed by atoms with Crippen molar-refractivity contribution in [2.45, 2.75) is 59.0 Å². The Hall–Kier alpha value is -0.0400. The zero-order valence-corrected chi connectivity index (χ0v) is 8.14. The maximum Gasteiger partial charge on any atom is 0.0512 e. The van der Waals surface area contributed by atoms with Crippen molar-refractivity contribution < 1.29 is 5.11 Å². The van der Waals surface area contributed by atoms with E-state index in [1.165, 1.54) is 19.3 Å². The molecular formula is C10H22O. The summed E-state index contributed by atoms with van der Waals surface area (Å²) in [5.74, 6) is 1.06. The molecule has 0 aromatic carbocycles. The van der Waals surface area contributed by atoms with Crippen LogP contribution in [0.15, 0.2) is 0 Å². The van der Waals surface area contributed by atoms with Gasteiger partial charge >= 0.3 is 0 Å².